The van der Waals surface area contributed by atoms with Crippen molar-refractivity contribution < 1.29 is 19.4 Å². The van der Waals surface area contributed by atoms with Crippen LogP contribution in [0.25, 0.3) is 0 Å². The molecule has 2 aromatic rings. The van der Waals surface area contributed by atoms with Crippen LogP contribution in [0.2, 0.25) is 0 Å². The molecule has 1 heterocycles. The average molecular weight is 285 g/mol. The van der Waals surface area contributed by atoms with Gasteiger partial charge in [-0.25, -0.2) is 0 Å². The maximum Gasteiger partial charge on any atom is 0.251 e. The summed E-state index contributed by atoms with van der Waals surface area (Å²) in [7, 11) is 0. The summed E-state index contributed by atoms with van der Waals surface area (Å²) in [6.45, 7) is 0.00396. The third-order valence-electron chi connectivity index (χ3n) is 3.32. The molecule has 1 aliphatic heterocycles. The largest absolute Gasteiger partial charge is 0.454 e. The number of ether oxygens (including phenoxy) is 2. The molecular weight excluding hydrogens is 270 g/mol. The molecular formula is C16H15NO4. The Morgan fingerprint density at radius 1 is 1.14 bits per heavy atom. The molecule has 0 saturated carbocycles. The van der Waals surface area contributed by atoms with Crippen molar-refractivity contribution in [3.05, 3.63) is 59.7 Å². The number of hydrogen-bond acceptors (Lipinski definition) is 4. The zero-order valence-electron chi connectivity index (χ0n) is 11.3. The molecule has 0 aromatic heterocycles. The van der Waals surface area contributed by atoms with Gasteiger partial charge in [0.1, 0.15) is 0 Å². The van der Waals surface area contributed by atoms with Crippen molar-refractivity contribution in [3.8, 4) is 11.5 Å². The van der Waals surface area contributed by atoms with E-state index < -0.39 is 6.04 Å². The van der Waals surface area contributed by atoms with Crippen LogP contribution in [0.15, 0.2) is 48.5 Å². The number of aliphatic hydroxyl groups is 1. The monoisotopic (exact) mass is 285 g/mol. The molecule has 0 radical (unpaired) electrons. The van der Waals surface area contributed by atoms with E-state index in [9.17, 15) is 9.90 Å². The van der Waals surface area contributed by atoms with Gasteiger partial charge < -0.3 is 19.9 Å². The SMILES string of the molecule is O=C(N[C@@H](CO)c1ccccc1)c1ccc2c(c1)OCO2. The van der Waals surface area contributed by atoms with Crippen molar-refractivity contribution in [2.75, 3.05) is 13.4 Å². The Morgan fingerprint density at radius 2 is 1.90 bits per heavy atom. The Bertz CT molecular complexity index is 642. The Kier molecular flexibility index (Phi) is 3.75. The molecule has 0 unspecified atom stereocenters. The van der Waals surface area contributed by atoms with Crippen molar-refractivity contribution >= 4 is 5.91 Å². The first-order valence-corrected chi connectivity index (χ1v) is 6.64. The zero-order valence-corrected chi connectivity index (χ0v) is 11.3. The number of hydrogen-bond donors (Lipinski definition) is 2. The van der Waals surface area contributed by atoms with E-state index in [0.717, 1.165) is 5.56 Å². The molecule has 108 valence electrons. The van der Waals surface area contributed by atoms with Gasteiger partial charge in [-0.2, -0.15) is 0 Å². The summed E-state index contributed by atoms with van der Waals surface area (Å²) in [5, 5.41) is 12.3. The third kappa shape index (κ3) is 2.83. The summed E-state index contributed by atoms with van der Waals surface area (Å²) in [5.41, 5.74) is 1.32. The van der Waals surface area contributed by atoms with Crippen LogP contribution in [0, 0.1) is 0 Å². The topological polar surface area (TPSA) is 67.8 Å². The van der Waals surface area contributed by atoms with E-state index in [1.807, 2.05) is 30.3 Å². The fourth-order valence-electron chi connectivity index (χ4n) is 2.20. The highest BCUT2D eigenvalue weighted by atomic mass is 16.7. The van der Waals surface area contributed by atoms with Crippen molar-refractivity contribution in [2.45, 2.75) is 6.04 Å². The summed E-state index contributed by atoms with van der Waals surface area (Å²) in [5.74, 6) is 0.924. The van der Waals surface area contributed by atoms with Crippen LogP contribution in [0.1, 0.15) is 22.0 Å². The summed E-state index contributed by atoms with van der Waals surface area (Å²) < 4.78 is 10.5. The van der Waals surface area contributed by atoms with Crippen LogP contribution in [0.5, 0.6) is 11.5 Å². The minimum absolute atomic E-state index is 0.166. The fourth-order valence-corrected chi connectivity index (χ4v) is 2.20. The van der Waals surface area contributed by atoms with Gasteiger partial charge in [-0.15, -0.1) is 0 Å². The van der Waals surface area contributed by atoms with Crippen LogP contribution in [0.4, 0.5) is 0 Å². The molecule has 0 bridgehead atoms. The lowest BCUT2D eigenvalue weighted by Crippen LogP contribution is -2.30. The highest BCUT2D eigenvalue weighted by molar-refractivity contribution is 5.95. The highest BCUT2D eigenvalue weighted by Crippen LogP contribution is 2.32. The fraction of sp³-hybridized carbons (Fsp3) is 0.188. The van der Waals surface area contributed by atoms with Gasteiger partial charge in [0.2, 0.25) is 6.79 Å². The van der Waals surface area contributed by atoms with Gasteiger partial charge in [-0.3, -0.25) is 4.79 Å². The Labute approximate surface area is 122 Å². The zero-order chi connectivity index (χ0) is 14.7. The van der Waals surface area contributed by atoms with Crippen molar-refractivity contribution in [1.29, 1.82) is 0 Å². The Hall–Kier alpha value is -2.53. The highest BCUT2D eigenvalue weighted by Gasteiger charge is 2.18. The van der Waals surface area contributed by atoms with Gasteiger partial charge in [0, 0.05) is 5.56 Å². The van der Waals surface area contributed by atoms with E-state index in [1.54, 1.807) is 18.2 Å². The maximum atomic E-state index is 12.3. The Balaban J connectivity index is 1.76. The quantitative estimate of drug-likeness (QED) is 0.900. The molecule has 0 saturated heterocycles. The van der Waals surface area contributed by atoms with Crippen LogP contribution >= 0.6 is 0 Å². The van der Waals surface area contributed by atoms with Gasteiger partial charge in [0.25, 0.3) is 5.91 Å². The summed E-state index contributed by atoms with van der Waals surface area (Å²) in [6, 6.07) is 13.9. The van der Waals surface area contributed by atoms with Gasteiger partial charge in [-0.1, -0.05) is 30.3 Å². The molecule has 1 aliphatic rings. The molecule has 5 nitrogen and oxygen atoms in total. The lowest BCUT2D eigenvalue weighted by molar-refractivity contribution is 0.0915. The van der Waals surface area contributed by atoms with E-state index in [0.29, 0.717) is 17.1 Å². The minimum atomic E-state index is -0.441. The third-order valence-corrected chi connectivity index (χ3v) is 3.32. The molecule has 0 aliphatic carbocycles. The van der Waals surface area contributed by atoms with E-state index in [4.69, 9.17) is 9.47 Å². The van der Waals surface area contributed by atoms with Crippen LogP contribution < -0.4 is 14.8 Å². The second-order valence-electron chi connectivity index (χ2n) is 4.69. The van der Waals surface area contributed by atoms with Gasteiger partial charge in [-0.05, 0) is 23.8 Å². The standard InChI is InChI=1S/C16H15NO4/c18-9-13(11-4-2-1-3-5-11)17-16(19)12-6-7-14-15(8-12)21-10-20-14/h1-8,13,18H,9-10H2,(H,17,19)/t13-/m0/s1. The summed E-state index contributed by atoms with van der Waals surface area (Å²) >= 11 is 0. The molecule has 2 aromatic carbocycles. The number of benzene rings is 2. The second-order valence-corrected chi connectivity index (χ2v) is 4.69. The predicted octanol–water partition coefficient (Wildman–Crippen LogP) is 1.88. The van der Waals surface area contributed by atoms with Crippen molar-refractivity contribution in [2.24, 2.45) is 0 Å². The lowest BCUT2D eigenvalue weighted by atomic mass is 10.1. The van der Waals surface area contributed by atoms with Crippen LogP contribution in [-0.4, -0.2) is 24.4 Å². The maximum absolute atomic E-state index is 12.3. The number of carbonyl (C=O) groups excluding carboxylic acids is 1. The summed E-state index contributed by atoms with van der Waals surface area (Å²) in [6.07, 6.45) is 0. The van der Waals surface area contributed by atoms with Gasteiger partial charge >= 0.3 is 0 Å². The first-order valence-electron chi connectivity index (χ1n) is 6.64. The van der Waals surface area contributed by atoms with E-state index in [-0.39, 0.29) is 19.3 Å². The smallest absolute Gasteiger partial charge is 0.251 e. The normalized spacial score (nSPS) is 13.8. The number of amides is 1. The minimum Gasteiger partial charge on any atom is -0.454 e. The number of aliphatic hydroxyl groups excluding tert-OH is 1. The van der Waals surface area contributed by atoms with Gasteiger partial charge in [0.15, 0.2) is 11.5 Å². The summed E-state index contributed by atoms with van der Waals surface area (Å²) in [4.78, 5) is 12.3. The molecule has 0 fully saturated rings. The van der Waals surface area contributed by atoms with E-state index in [2.05, 4.69) is 5.32 Å². The molecule has 5 heteroatoms. The first kappa shape index (κ1) is 13.5. The Morgan fingerprint density at radius 3 is 2.67 bits per heavy atom. The molecule has 21 heavy (non-hydrogen) atoms. The van der Waals surface area contributed by atoms with Crippen molar-refractivity contribution in [1.82, 2.24) is 5.32 Å². The van der Waals surface area contributed by atoms with Crippen molar-refractivity contribution in [3.63, 3.8) is 0 Å². The lowest BCUT2D eigenvalue weighted by Gasteiger charge is -2.16. The molecule has 3 rings (SSSR count). The molecule has 0 spiro atoms. The van der Waals surface area contributed by atoms with E-state index >= 15 is 0 Å². The number of carbonyl (C=O) groups is 1. The second kappa shape index (κ2) is 5.85. The average Bonchev–Trinajstić information content (AvgIpc) is 3.00. The van der Waals surface area contributed by atoms with Crippen LogP contribution in [-0.2, 0) is 0 Å². The number of nitrogens with one attached hydrogen (secondary N) is 1. The number of fused-ring (bicyclic) bond motifs is 1. The molecule has 1 atom stereocenters. The van der Waals surface area contributed by atoms with E-state index in [1.165, 1.54) is 0 Å². The van der Waals surface area contributed by atoms with Gasteiger partial charge in [0.05, 0.1) is 12.6 Å². The molecule has 2 N–H and O–H groups in total. The number of rotatable bonds is 4. The predicted molar refractivity (Wildman–Crippen MR) is 76.3 cm³/mol. The van der Waals surface area contributed by atoms with Crippen LogP contribution in [0.3, 0.4) is 0 Å². The first-order chi connectivity index (χ1) is 10.3. The molecule has 1 amide bonds.